The number of benzene rings is 2. The second kappa shape index (κ2) is 6.32. The Labute approximate surface area is 134 Å². The molecule has 0 saturated heterocycles. The number of fused-ring (bicyclic) bond motifs is 1. The maximum absolute atomic E-state index is 9.45. The quantitative estimate of drug-likeness (QED) is 0.639. The lowest BCUT2D eigenvalue weighted by Crippen LogP contribution is -1.93. The van der Waals surface area contributed by atoms with Crippen LogP contribution in [-0.2, 0) is 0 Å². The van der Waals surface area contributed by atoms with Crippen LogP contribution < -0.4 is 18.9 Å². The minimum absolute atomic E-state index is 0.169. The molecule has 0 unspecified atom stereocenters. The Morgan fingerprint density at radius 3 is 2.57 bits per heavy atom. The molecule has 23 heavy (non-hydrogen) atoms. The van der Waals surface area contributed by atoms with Crippen molar-refractivity contribution < 1.29 is 18.9 Å². The second-order valence-electron chi connectivity index (χ2n) is 4.86. The van der Waals surface area contributed by atoms with E-state index in [4.69, 9.17) is 18.9 Å². The van der Waals surface area contributed by atoms with Gasteiger partial charge in [-0.25, -0.2) is 0 Å². The number of hydrogen-bond donors (Lipinski definition) is 0. The van der Waals surface area contributed by atoms with Crippen LogP contribution in [0.15, 0.2) is 36.4 Å². The number of methoxy groups -OCH3 is 2. The fourth-order valence-electron chi connectivity index (χ4n) is 2.35. The molecule has 1 aliphatic heterocycles. The first-order chi connectivity index (χ1) is 11.2. The number of nitrogens with zero attached hydrogens (tertiary/aromatic N) is 1. The van der Waals surface area contributed by atoms with Gasteiger partial charge in [0.25, 0.3) is 0 Å². The van der Waals surface area contributed by atoms with Gasteiger partial charge in [-0.1, -0.05) is 0 Å². The zero-order chi connectivity index (χ0) is 16.2. The van der Waals surface area contributed by atoms with E-state index < -0.39 is 0 Å². The third kappa shape index (κ3) is 2.92. The molecule has 2 aromatic rings. The molecule has 1 heterocycles. The Hall–Kier alpha value is -3.13. The molecule has 2 aromatic carbocycles. The summed E-state index contributed by atoms with van der Waals surface area (Å²) < 4.78 is 21.2. The highest BCUT2D eigenvalue weighted by atomic mass is 16.7. The summed E-state index contributed by atoms with van der Waals surface area (Å²) >= 11 is 0. The SMILES string of the molecule is COc1ccc(/C(C#N)=C\c2cc(OC)c3c(c2)OCO3)cc1. The van der Waals surface area contributed by atoms with Gasteiger partial charge in [-0.3, -0.25) is 0 Å². The summed E-state index contributed by atoms with van der Waals surface area (Å²) in [7, 11) is 3.18. The van der Waals surface area contributed by atoms with E-state index in [0.29, 0.717) is 22.8 Å². The topological polar surface area (TPSA) is 60.7 Å². The van der Waals surface area contributed by atoms with Gasteiger partial charge in [-0.2, -0.15) is 5.26 Å². The number of hydrogen-bond acceptors (Lipinski definition) is 5. The first kappa shape index (κ1) is 14.8. The fraction of sp³-hybridized carbons (Fsp3) is 0.167. The predicted octanol–water partition coefficient (Wildman–Crippen LogP) is 3.50. The zero-order valence-electron chi connectivity index (χ0n) is 12.8. The molecule has 5 heteroatoms. The first-order valence-electron chi connectivity index (χ1n) is 6.99. The number of rotatable bonds is 4. The van der Waals surface area contributed by atoms with Crippen molar-refractivity contribution >= 4 is 11.6 Å². The molecule has 0 N–H and O–H groups in total. The van der Waals surface area contributed by atoms with Gasteiger partial charge in [0.2, 0.25) is 12.5 Å². The highest BCUT2D eigenvalue weighted by molar-refractivity contribution is 5.90. The highest BCUT2D eigenvalue weighted by Crippen LogP contribution is 2.42. The lowest BCUT2D eigenvalue weighted by atomic mass is 10.0. The molecule has 0 bridgehead atoms. The van der Waals surface area contributed by atoms with Gasteiger partial charge in [-0.05, 0) is 53.6 Å². The van der Waals surface area contributed by atoms with Crippen molar-refractivity contribution in [3.63, 3.8) is 0 Å². The summed E-state index contributed by atoms with van der Waals surface area (Å²) in [5.74, 6) is 2.53. The van der Waals surface area contributed by atoms with Crippen molar-refractivity contribution in [3.8, 4) is 29.1 Å². The van der Waals surface area contributed by atoms with Gasteiger partial charge in [0.15, 0.2) is 11.5 Å². The Morgan fingerprint density at radius 1 is 1.13 bits per heavy atom. The molecular weight excluding hydrogens is 294 g/mol. The largest absolute Gasteiger partial charge is 0.497 e. The molecular formula is C18H15NO4. The lowest BCUT2D eigenvalue weighted by Gasteiger charge is -2.07. The fourth-order valence-corrected chi connectivity index (χ4v) is 2.35. The van der Waals surface area contributed by atoms with Gasteiger partial charge in [0, 0.05) is 0 Å². The summed E-state index contributed by atoms with van der Waals surface area (Å²) in [5.41, 5.74) is 2.15. The van der Waals surface area contributed by atoms with Gasteiger partial charge < -0.3 is 18.9 Å². The summed E-state index contributed by atoms with van der Waals surface area (Å²) in [6, 6.07) is 13.2. The molecule has 0 radical (unpaired) electrons. The van der Waals surface area contributed by atoms with E-state index in [9.17, 15) is 5.26 Å². The zero-order valence-corrected chi connectivity index (χ0v) is 12.8. The maximum atomic E-state index is 9.45. The molecule has 1 aliphatic rings. The Balaban J connectivity index is 1.99. The van der Waals surface area contributed by atoms with Crippen molar-refractivity contribution in [2.24, 2.45) is 0 Å². The molecule has 0 fully saturated rings. The van der Waals surface area contributed by atoms with Crippen LogP contribution >= 0.6 is 0 Å². The maximum Gasteiger partial charge on any atom is 0.231 e. The van der Waals surface area contributed by atoms with E-state index in [-0.39, 0.29) is 6.79 Å². The van der Waals surface area contributed by atoms with Crippen LogP contribution in [0.4, 0.5) is 0 Å². The minimum atomic E-state index is 0.169. The molecule has 5 nitrogen and oxygen atoms in total. The Bertz CT molecular complexity index is 788. The monoisotopic (exact) mass is 309 g/mol. The lowest BCUT2D eigenvalue weighted by molar-refractivity contribution is 0.171. The minimum Gasteiger partial charge on any atom is -0.497 e. The van der Waals surface area contributed by atoms with Gasteiger partial charge in [0.1, 0.15) is 5.75 Å². The van der Waals surface area contributed by atoms with Gasteiger partial charge in [0.05, 0.1) is 25.9 Å². The summed E-state index contributed by atoms with van der Waals surface area (Å²) in [6.07, 6.45) is 1.78. The van der Waals surface area contributed by atoms with Crippen LogP contribution in [0.2, 0.25) is 0 Å². The molecule has 0 spiro atoms. The second-order valence-corrected chi connectivity index (χ2v) is 4.86. The van der Waals surface area contributed by atoms with Crippen LogP contribution in [0.5, 0.6) is 23.0 Å². The average Bonchev–Trinajstić information content (AvgIpc) is 3.07. The van der Waals surface area contributed by atoms with Crippen molar-refractivity contribution in [3.05, 3.63) is 47.5 Å². The van der Waals surface area contributed by atoms with E-state index in [2.05, 4.69) is 6.07 Å². The highest BCUT2D eigenvalue weighted by Gasteiger charge is 2.19. The summed E-state index contributed by atoms with van der Waals surface area (Å²) in [4.78, 5) is 0. The number of ether oxygens (including phenoxy) is 4. The molecule has 116 valence electrons. The smallest absolute Gasteiger partial charge is 0.231 e. The third-order valence-electron chi connectivity index (χ3n) is 3.51. The van der Waals surface area contributed by atoms with Crippen LogP contribution in [-0.4, -0.2) is 21.0 Å². The summed E-state index contributed by atoms with van der Waals surface area (Å²) in [6.45, 7) is 0.169. The standard InChI is InChI=1S/C18H15NO4/c1-20-15-5-3-13(4-6-15)14(10-19)7-12-8-16(21-2)18-17(9-12)22-11-23-18/h3-9H,11H2,1-2H3/b14-7-. The molecule has 0 aliphatic carbocycles. The normalized spacial score (nSPS) is 12.7. The van der Waals surface area contributed by atoms with E-state index in [0.717, 1.165) is 16.9 Å². The predicted molar refractivity (Wildman–Crippen MR) is 85.6 cm³/mol. The Kier molecular flexibility index (Phi) is 4.07. The molecule has 0 atom stereocenters. The molecule has 0 aromatic heterocycles. The van der Waals surface area contributed by atoms with E-state index in [1.54, 1.807) is 20.3 Å². The van der Waals surface area contributed by atoms with Gasteiger partial charge in [-0.15, -0.1) is 0 Å². The van der Waals surface area contributed by atoms with Crippen molar-refractivity contribution in [1.82, 2.24) is 0 Å². The molecule has 0 amide bonds. The van der Waals surface area contributed by atoms with Crippen LogP contribution in [0.3, 0.4) is 0 Å². The van der Waals surface area contributed by atoms with Crippen molar-refractivity contribution in [1.29, 1.82) is 5.26 Å². The molecule has 0 saturated carbocycles. The number of allylic oxidation sites excluding steroid dienone is 1. The Morgan fingerprint density at radius 2 is 1.91 bits per heavy atom. The third-order valence-corrected chi connectivity index (χ3v) is 3.51. The van der Waals surface area contributed by atoms with Crippen molar-refractivity contribution in [2.45, 2.75) is 0 Å². The van der Waals surface area contributed by atoms with Crippen molar-refractivity contribution in [2.75, 3.05) is 21.0 Å². The van der Waals surface area contributed by atoms with Crippen LogP contribution in [0.25, 0.3) is 11.6 Å². The average molecular weight is 309 g/mol. The van der Waals surface area contributed by atoms with E-state index >= 15 is 0 Å². The van der Waals surface area contributed by atoms with E-state index in [1.807, 2.05) is 36.4 Å². The summed E-state index contributed by atoms with van der Waals surface area (Å²) in [5, 5.41) is 9.45. The first-order valence-corrected chi connectivity index (χ1v) is 6.99. The van der Waals surface area contributed by atoms with Crippen LogP contribution in [0.1, 0.15) is 11.1 Å². The van der Waals surface area contributed by atoms with E-state index in [1.165, 1.54) is 0 Å². The van der Waals surface area contributed by atoms with Gasteiger partial charge >= 0.3 is 0 Å². The number of nitriles is 1. The van der Waals surface area contributed by atoms with Crippen LogP contribution in [0, 0.1) is 11.3 Å². The molecule has 3 rings (SSSR count).